The van der Waals surface area contributed by atoms with E-state index >= 15 is 0 Å². The van der Waals surface area contributed by atoms with Gasteiger partial charge >= 0.3 is 0 Å². The van der Waals surface area contributed by atoms with Crippen LogP contribution in [0.1, 0.15) is 24.2 Å². The van der Waals surface area contributed by atoms with Crippen molar-refractivity contribution in [2.75, 3.05) is 16.4 Å². The number of benzene rings is 2. The third-order valence-corrected chi connectivity index (χ3v) is 5.99. The van der Waals surface area contributed by atoms with E-state index in [1.54, 1.807) is 36.4 Å². The normalized spacial score (nSPS) is 11.6. The molecule has 0 radical (unpaired) electrons. The van der Waals surface area contributed by atoms with E-state index in [1.807, 2.05) is 24.4 Å². The Kier molecular flexibility index (Phi) is 6.33. The number of thiazole rings is 1. The first-order chi connectivity index (χ1) is 13.5. The molecule has 0 aliphatic carbocycles. The average molecular weight is 414 g/mol. The molecule has 3 rings (SSSR count). The molecule has 6 nitrogen and oxygen atoms in total. The van der Waals surface area contributed by atoms with Crippen LogP contribution >= 0.6 is 11.3 Å². The van der Waals surface area contributed by atoms with Crippen molar-refractivity contribution in [1.29, 1.82) is 0 Å². The van der Waals surface area contributed by atoms with Crippen molar-refractivity contribution >= 4 is 44.8 Å². The van der Waals surface area contributed by atoms with Gasteiger partial charge in [0.05, 0.1) is 27.0 Å². The summed E-state index contributed by atoms with van der Waals surface area (Å²) in [5, 5.41) is 7.80. The smallest absolute Gasteiger partial charge is 0.258 e. The van der Waals surface area contributed by atoms with Gasteiger partial charge in [0.15, 0.2) is 5.13 Å². The minimum absolute atomic E-state index is 0.129. The second-order valence-corrected chi connectivity index (χ2v) is 8.45. The summed E-state index contributed by atoms with van der Waals surface area (Å²) < 4.78 is 12.2. The molecule has 0 saturated carbocycles. The highest BCUT2D eigenvalue weighted by atomic mass is 32.2. The minimum Gasteiger partial charge on any atom is -0.326 e. The molecule has 1 atom stereocenters. The molecule has 2 amide bonds. The van der Waals surface area contributed by atoms with Crippen LogP contribution in [0.2, 0.25) is 0 Å². The lowest BCUT2D eigenvalue weighted by Gasteiger charge is -2.07. The molecule has 8 heteroatoms. The first-order valence-corrected chi connectivity index (χ1v) is 10.8. The summed E-state index contributed by atoms with van der Waals surface area (Å²) in [4.78, 5) is 28.7. The number of anilines is 2. The molecule has 144 valence electrons. The summed E-state index contributed by atoms with van der Waals surface area (Å²) >= 11 is 1.31. The van der Waals surface area contributed by atoms with Gasteiger partial charge in [0.1, 0.15) is 0 Å². The number of rotatable bonds is 6. The van der Waals surface area contributed by atoms with Gasteiger partial charge in [-0.1, -0.05) is 31.2 Å². The second kappa shape index (κ2) is 8.90. The van der Waals surface area contributed by atoms with Gasteiger partial charge in [-0.15, -0.1) is 11.3 Å². The molecule has 2 aromatic carbocycles. The van der Waals surface area contributed by atoms with Gasteiger partial charge in [-0.3, -0.25) is 19.1 Å². The Labute approximate surface area is 169 Å². The van der Waals surface area contributed by atoms with Crippen molar-refractivity contribution < 1.29 is 13.8 Å². The molecular weight excluding hydrogens is 394 g/mol. The monoisotopic (exact) mass is 413 g/mol. The molecule has 0 aliphatic heterocycles. The lowest BCUT2D eigenvalue weighted by Crippen LogP contribution is -2.15. The standard InChI is InChI=1S/C20H19N3O3S2/c1-3-28(26)18-7-5-4-6-16(18)19(25)23-20-22-17(12-27-20)14-8-10-15(11-9-14)21-13(2)24/h4-12H,3H2,1-2H3,(H,21,24)(H,22,23,25). The molecule has 0 spiro atoms. The van der Waals surface area contributed by atoms with E-state index in [4.69, 9.17) is 0 Å². The number of nitrogens with zero attached hydrogens (tertiary/aromatic N) is 1. The van der Waals surface area contributed by atoms with Crippen LogP contribution in [0.25, 0.3) is 11.3 Å². The molecule has 0 fully saturated rings. The predicted molar refractivity (Wildman–Crippen MR) is 113 cm³/mol. The molecule has 2 N–H and O–H groups in total. The fraction of sp³-hybridized carbons (Fsp3) is 0.150. The lowest BCUT2D eigenvalue weighted by molar-refractivity contribution is -0.114. The van der Waals surface area contributed by atoms with Crippen molar-refractivity contribution in [3.05, 3.63) is 59.5 Å². The summed E-state index contributed by atoms with van der Waals surface area (Å²) in [6.07, 6.45) is 0. The molecule has 28 heavy (non-hydrogen) atoms. The van der Waals surface area contributed by atoms with E-state index in [0.717, 1.165) is 11.3 Å². The molecule has 3 aromatic rings. The van der Waals surface area contributed by atoms with Crippen LogP contribution in [0.5, 0.6) is 0 Å². The first kappa shape index (κ1) is 19.9. The molecule has 1 unspecified atom stereocenters. The number of hydrogen-bond donors (Lipinski definition) is 2. The molecule has 0 bridgehead atoms. The van der Waals surface area contributed by atoms with E-state index in [9.17, 15) is 13.8 Å². The predicted octanol–water partition coefficient (Wildman–Crippen LogP) is 4.15. The zero-order valence-corrected chi connectivity index (χ0v) is 17.0. The maximum Gasteiger partial charge on any atom is 0.258 e. The maximum absolute atomic E-state index is 12.6. The Morgan fingerprint density at radius 1 is 1.07 bits per heavy atom. The van der Waals surface area contributed by atoms with Crippen molar-refractivity contribution in [3.8, 4) is 11.3 Å². The highest BCUT2D eigenvalue weighted by molar-refractivity contribution is 7.85. The number of nitrogens with one attached hydrogen (secondary N) is 2. The number of carbonyl (C=O) groups is 2. The van der Waals surface area contributed by atoms with E-state index in [1.165, 1.54) is 18.3 Å². The third kappa shape index (κ3) is 4.71. The van der Waals surface area contributed by atoms with Gasteiger partial charge in [-0.05, 0) is 24.3 Å². The lowest BCUT2D eigenvalue weighted by atomic mass is 10.1. The van der Waals surface area contributed by atoms with Gasteiger partial charge < -0.3 is 5.32 Å². The molecule has 1 aromatic heterocycles. The van der Waals surface area contributed by atoms with Crippen LogP contribution in [0.15, 0.2) is 58.8 Å². The largest absolute Gasteiger partial charge is 0.326 e. The van der Waals surface area contributed by atoms with Crippen LogP contribution in [0, 0.1) is 0 Å². The van der Waals surface area contributed by atoms with Gasteiger partial charge in [0.25, 0.3) is 5.91 Å². The Morgan fingerprint density at radius 3 is 2.46 bits per heavy atom. The van der Waals surface area contributed by atoms with Crippen LogP contribution < -0.4 is 10.6 Å². The fourth-order valence-corrected chi connectivity index (χ4v) is 4.23. The van der Waals surface area contributed by atoms with Crippen LogP contribution in [0.4, 0.5) is 10.8 Å². The van der Waals surface area contributed by atoms with E-state index < -0.39 is 10.8 Å². The van der Waals surface area contributed by atoms with Crippen molar-refractivity contribution in [1.82, 2.24) is 4.98 Å². The van der Waals surface area contributed by atoms with Crippen molar-refractivity contribution in [2.24, 2.45) is 0 Å². The number of aromatic nitrogens is 1. The quantitative estimate of drug-likeness (QED) is 0.635. The van der Waals surface area contributed by atoms with Crippen LogP contribution in [-0.2, 0) is 15.6 Å². The van der Waals surface area contributed by atoms with Crippen LogP contribution in [-0.4, -0.2) is 26.8 Å². The van der Waals surface area contributed by atoms with E-state index in [2.05, 4.69) is 15.6 Å². The summed E-state index contributed by atoms with van der Waals surface area (Å²) in [5.74, 6) is -0.0183. The molecular formula is C20H19N3O3S2. The third-order valence-electron chi connectivity index (χ3n) is 3.86. The van der Waals surface area contributed by atoms with Gasteiger partial charge in [-0.25, -0.2) is 4.98 Å². The van der Waals surface area contributed by atoms with E-state index in [-0.39, 0.29) is 11.8 Å². The number of hydrogen-bond acceptors (Lipinski definition) is 5. The second-order valence-electron chi connectivity index (χ2n) is 5.88. The zero-order valence-electron chi connectivity index (χ0n) is 15.4. The maximum atomic E-state index is 12.6. The molecule has 0 saturated heterocycles. The highest BCUT2D eigenvalue weighted by Gasteiger charge is 2.16. The molecule has 0 aliphatic rings. The summed E-state index contributed by atoms with van der Waals surface area (Å²) in [6, 6.07) is 14.2. The topological polar surface area (TPSA) is 88.2 Å². The number of amides is 2. The van der Waals surface area contributed by atoms with Gasteiger partial charge in [0, 0.05) is 29.3 Å². The zero-order chi connectivity index (χ0) is 20.1. The number of carbonyl (C=O) groups excluding carboxylic acids is 2. The van der Waals surface area contributed by atoms with Crippen LogP contribution in [0.3, 0.4) is 0 Å². The van der Waals surface area contributed by atoms with Gasteiger partial charge in [-0.2, -0.15) is 0 Å². The van der Waals surface area contributed by atoms with Crippen molar-refractivity contribution in [3.63, 3.8) is 0 Å². The Bertz CT molecular complexity index is 1030. The van der Waals surface area contributed by atoms with Crippen molar-refractivity contribution in [2.45, 2.75) is 18.7 Å². The first-order valence-electron chi connectivity index (χ1n) is 8.60. The van der Waals surface area contributed by atoms with E-state index in [0.29, 0.717) is 27.0 Å². The summed E-state index contributed by atoms with van der Waals surface area (Å²) in [5.41, 5.74) is 2.69. The highest BCUT2D eigenvalue weighted by Crippen LogP contribution is 2.27. The Balaban J connectivity index is 1.75. The summed E-state index contributed by atoms with van der Waals surface area (Å²) in [6.45, 7) is 3.27. The minimum atomic E-state index is -1.22. The fourth-order valence-electron chi connectivity index (χ4n) is 2.56. The summed E-state index contributed by atoms with van der Waals surface area (Å²) in [7, 11) is -1.22. The Hall–Kier alpha value is -2.84. The average Bonchev–Trinajstić information content (AvgIpc) is 3.16. The molecule has 1 heterocycles. The Morgan fingerprint density at radius 2 is 1.79 bits per heavy atom. The van der Waals surface area contributed by atoms with Gasteiger partial charge in [0.2, 0.25) is 5.91 Å². The SMILES string of the molecule is CCS(=O)c1ccccc1C(=O)Nc1nc(-c2ccc(NC(C)=O)cc2)cs1.